The van der Waals surface area contributed by atoms with E-state index in [1.54, 1.807) is 48.5 Å². The number of likely N-dealkylation sites (tertiary alicyclic amines) is 2. The van der Waals surface area contributed by atoms with E-state index in [9.17, 15) is 38.4 Å². The van der Waals surface area contributed by atoms with Crippen LogP contribution in [0.1, 0.15) is 70.9 Å². The summed E-state index contributed by atoms with van der Waals surface area (Å²) in [6.07, 6.45) is 13.5. The summed E-state index contributed by atoms with van der Waals surface area (Å²) in [7, 11) is 1.47. The van der Waals surface area contributed by atoms with E-state index in [2.05, 4.69) is 27.7 Å². The van der Waals surface area contributed by atoms with Gasteiger partial charge in [0.2, 0.25) is 47.3 Å². The van der Waals surface area contributed by atoms with Gasteiger partial charge in [0, 0.05) is 42.7 Å². The lowest BCUT2D eigenvalue weighted by atomic mass is 9.54. The number of fused-ring (bicyclic) bond motifs is 2. The third-order valence-electron chi connectivity index (χ3n) is 19.4. The highest BCUT2D eigenvalue weighted by Gasteiger charge is 2.70. The number of benzene rings is 4. The molecule has 6 bridgehead atoms. The SMILES string of the molecule is CCC.CN1C(=O)C2C3C=CC(C2C1=O)C1C(=O)N(c2ccc(Oc4ccc(C(C)(C)c5ccc(Oc6ccc(N7C(=O)C8C9C=CC(C%10C(=O)N(CC%11CC%12CCC%11C%12)C(=O)C9%10)C8C7=O)cc6)cc5)cc4)cc2)C(=O)C31. The van der Waals surface area contributed by atoms with Gasteiger partial charge in [-0.2, -0.15) is 0 Å². The summed E-state index contributed by atoms with van der Waals surface area (Å²) in [6, 6.07) is 29.3. The molecule has 14 heteroatoms. The normalized spacial score (nSPS) is 33.8. The smallest absolute Gasteiger partial charge is 0.238 e. The molecular formula is C63H62N4O10. The zero-order valence-electron chi connectivity index (χ0n) is 43.8. The second-order valence-electron chi connectivity index (χ2n) is 23.8. The first-order valence-corrected chi connectivity index (χ1v) is 27.6. The molecule has 4 heterocycles. The number of carbonyl (C=O) groups excluding carboxylic acids is 8. The van der Waals surface area contributed by atoms with Gasteiger partial charge in [-0.05, 0) is 121 Å². The molecule has 15 unspecified atom stereocenters. The number of hydrogen-bond donors (Lipinski definition) is 0. The van der Waals surface area contributed by atoms with Gasteiger partial charge in [0.1, 0.15) is 23.0 Å². The van der Waals surface area contributed by atoms with Crippen molar-refractivity contribution in [3.63, 3.8) is 0 Å². The lowest BCUT2D eigenvalue weighted by molar-refractivity contribution is -0.142. The van der Waals surface area contributed by atoms with Crippen molar-refractivity contribution in [1.29, 1.82) is 0 Å². The highest BCUT2D eigenvalue weighted by Crippen LogP contribution is 2.60. The van der Waals surface area contributed by atoms with Crippen LogP contribution >= 0.6 is 0 Å². The van der Waals surface area contributed by atoms with Crippen LogP contribution < -0.4 is 19.3 Å². The molecule has 4 aliphatic heterocycles. The maximum Gasteiger partial charge on any atom is 0.238 e. The lowest BCUT2D eigenvalue weighted by Gasteiger charge is -2.44. The molecule has 12 aliphatic rings. The molecule has 8 amide bonds. The van der Waals surface area contributed by atoms with Crippen LogP contribution in [0.3, 0.4) is 0 Å². The van der Waals surface area contributed by atoms with Gasteiger partial charge in [0.25, 0.3) is 0 Å². The number of anilines is 2. The zero-order valence-corrected chi connectivity index (χ0v) is 43.8. The van der Waals surface area contributed by atoms with E-state index in [1.807, 2.05) is 72.8 Å². The maximum atomic E-state index is 14.2. The molecule has 4 aromatic rings. The first-order chi connectivity index (χ1) is 37.1. The quantitative estimate of drug-likeness (QED) is 0.110. The highest BCUT2D eigenvalue weighted by atomic mass is 16.5. The predicted molar refractivity (Wildman–Crippen MR) is 283 cm³/mol. The summed E-state index contributed by atoms with van der Waals surface area (Å²) in [4.78, 5) is 115. The number of nitrogens with zero attached hydrogens (tertiary/aromatic N) is 4. The number of amides is 8. The standard InChI is InChI=1S/C60H54N4O10.C3H8/c1-60(2,32-6-14-36(15-7-32)73-38-18-10-34(11-19-38)63-56(69)48-40-22-23-41(49(48)57(63)70)45-44(40)52(65)61(3)53(45)66)33-8-16-37(17-9-33)74-39-20-12-35(13-21-39)64-58(71)50-42-24-25-43(51(50)59(64)72)47-46(42)54(67)62(55(47)68)28-31-27-29-4-5-30(31)26-29;1-3-2/h6-25,29-31,40-51H,4-5,26-28H2,1-3H3;3H2,1-2H3. The largest absolute Gasteiger partial charge is 0.457 e. The topological polar surface area (TPSA) is 168 Å². The summed E-state index contributed by atoms with van der Waals surface area (Å²) < 4.78 is 12.4. The Kier molecular flexibility index (Phi) is 11.5. The monoisotopic (exact) mass is 1030 g/mol. The van der Waals surface area contributed by atoms with E-state index in [4.69, 9.17) is 9.47 Å². The van der Waals surface area contributed by atoms with Crippen LogP contribution in [0.4, 0.5) is 11.4 Å². The number of hydrogen-bond acceptors (Lipinski definition) is 10. The fourth-order valence-corrected chi connectivity index (χ4v) is 15.8. The molecule has 8 fully saturated rings. The molecule has 14 nitrogen and oxygen atoms in total. The van der Waals surface area contributed by atoms with Crippen molar-refractivity contribution in [2.75, 3.05) is 23.4 Å². The van der Waals surface area contributed by atoms with Crippen molar-refractivity contribution in [1.82, 2.24) is 9.80 Å². The molecule has 0 N–H and O–H groups in total. The van der Waals surface area contributed by atoms with E-state index in [0.717, 1.165) is 22.4 Å². The Labute approximate surface area is 447 Å². The molecular weight excluding hydrogens is 973 g/mol. The molecule has 8 aliphatic carbocycles. The third-order valence-corrected chi connectivity index (χ3v) is 19.4. The Morgan fingerprint density at radius 3 is 1.09 bits per heavy atom. The van der Waals surface area contributed by atoms with E-state index in [1.165, 1.54) is 47.4 Å². The summed E-state index contributed by atoms with van der Waals surface area (Å²) in [5, 5.41) is 0. The summed E-state index contributed by atoms with van der Waals surface area (Å²) in [5.74, 6) is -5.43. The number of allylic oxidation sites excluding steroid dienone is 4. The second-order valence-corrected chi connectivity index (χ2v) is 23.8. The third kappa shape index (κ3) is 7.32. The van der Waals surface area contributed by atoms with Crippen LogP contribution in [0.5, 0.6) is 23.0 Å². The highest BCUT2D eigenvalue weighted by molar-refractivity contribution is 6.24. The number of imide groups is 4. The van der Waals surface area contributed by atoms with Crippen molar-refractivity contribution in [2.45, 2.75) is 65.2 Å². The Morgan fingerprint density at radius 1 is 0.442 bits per heavy atom. The minimum absolute atomic E-state index is 0.166. The molecule has 4 saturated heterocycles. The van der Waals surface area contributed by atoms with Gasteiger partial charge in [-0.15, -0.1) is 0 Å². The Hall–Kier alpha value is -7.48. The van der Waals surface area contributed by atoms with Crippen molar-refractivity contribution >= 4 is 58.6 Å². The molecule has 16 rings (SSSR count). The fraction of sp³-hybridized carbons (Fsp3) is 0.429. The van der Waals surface area contributed by atoms with Crippen LogP contribution in [-0.2, 0) is 43.8 Å². The van der Waals surface area contributed by atoms with Gasteiger partial charge in [-0.25, -0.2) is 0 Å². The van der Waals surface area contributed by atoms with Gasteiger partial charge in [-0.1, -0.05) is 89.1 Å². The maximum absolute atomic E-state index is 14.2. The number of rotatable bonds is 10. The summed E-state index contributed by atoms with van der Waals surface area (Å²) in [5.41, 5.74) is 2.54. The Morgan fingerprint density at radius 2 is 0.766 bits per heavy atom. The summed E-state index contributed by atoms with van der Waals surface area (Å²) in [6.45, 7) is 8.98. The van der Waals surface area contributed by atoms with E-state index < -0.39 is 76.4 Å². The van der Waals surface area contributed by atoms with Crippen molar-refractivity contribution in [2.24, 2.45) is 88.8 Å². The molecule has 15 atom stereocenters. The average molecular weight is 1040 g/mol. The molecule has 394 valence electrons. The first-order valence-electron chi connectivity index (χ1n) is 27.6. The van der Waals surface area contributed by atoms with Crippen LogP contribution in [0.2, 0.25) is 0 Å². The number of ether oxygens (including phenoxy) is 2. The summed E-state index contributed by atoms with van der Waals surface area (Å²) >= 11 is 0. The molecule has 0 aromatic heterocycles. The number of carbonyl (C=O) groups is 8. The van der Waals surface area contributed by atoms with Crippen LogP contribution in [0.15, 0.2) is 121 Å². The van der Waals surface area contributed by atoms with E-state index >= 15 is 0 Å². The average Bonchev–Trinajstić information content (AvgIpc) is 4.43. The van der Waals surface area contributed by atoms with Gasteiger partial charge in [-0.3, -0.25) is 58.0 Å². The van der Waals surface area contributed by atoms with E-state index in [-0.39, 0.29) is 47.3 Å². The van der Waals surface area contributed by atoms with Gasteiger partial charge < -0.3 is 9.47 Å². The van der Waals surface area contributed by atoms with Crippen LogP contribution in [-0.4, -0.2) is 70.6 Å². The molecule has 4 saturated carbocycles. The zero-order chi connectivity index (χ0) is 53.5. The lowest BCUT2D eigenvalue weighted by Crippen LogP contribution is -2.50. The van der Waals surface area contributed by atoms with E-state index in [0.29, 0.717) is 58.7 Å². The van der Waals surface area contributed by atoms with Crippen molar-refractivity contribution in [3.05, 3.63) is 132 Å². The van der Waals surface area contributed by atoms with Crippen molar-refractivity contribution in [3.8, 4) is 23.0 Å². The van der Waals surface area contributed by atoms with Crippen LogP contribution in [0, 0.1) is 88.8 Å². The minimum atomic E-state index is -0.680. The fourth-order valence-electron chi connectivity index (χ4n) is 15.8. The van der Waals surface area contributed by atoms with Crippen molar-refractivity contribution < 1.29 is 47.8 Å². The predicted octanol–water partition coefficient (Wildman–Crippen LogP) is 9.12. The Bertz CT molecular complexity index is 3140. The molecule has 77 heavy (non-hydrogen) atoms. The minimum Gasteiger partial charge on any atom is -0.457 e. The van der Waals surface area contributed by atoms with Gasteiger partial charge in [0.15, 0.2) is 0 Å². The molecule has 4 aromatic carbocycles. The van der Waals surface area contributed by atoms with Gasteiger partial charge >= 0.3 is 0 Å². The van der Waals surface area contributed by atoms with Crippen LogP contribution in [0.25, 0.3) is 0 Å². The molecule has 0 radical (unpaired) electrons. The Balaban J connectivity index is 0.00000185. The first kappa shape index (κ1) is 49.1. The van der Waals surface area contributed by atoms with Gasteiger partial charge in [0.05, 0.1) is 58.7 Å². The second kappa shape index (κ2) is 18.1. The molecule has 0 spiro atoms.